The second-order valence-electron chi connectivity index (χ2n) is 4.02. The Hall–Kier alpha value is -2.52. The fourth-order valence-corrected chi connectivity index (χ4v) is 1.34. The van der Waals surface area contributed by atoms with Gasteiger partial charge >= 0.3 is 11.9 Å². The summed E-state index contributed by atoms with van der Waals surface area (Å²) in [6.45, 7) is 3.61. The highest BCUT2D eigenvalue weighted by Gasteiger charge is 2.29. The predicted molar refractivity (Wildman–Crippen MR) is 69.5 cm³/mol. The van der Waals surface area contributed by atoms with Crippen LogP contribution in [0.4, 0.5) is 0 Å². The number of carbonyl (C=O) groups is 3. The molecular formula is C12H16N2O7. The maximum Gasteiger partial charge on any atom is 0.335 e. The molecule has 0 aliphatic rings. The molecule has 0 aliphatic carbocycles. The Bertz CT molecular complexity index is 506. The maximum atomic E-state index is 10.8. The first kappa shape index (κ1) is 18.5. The van der Waals surface area contributed by atoms with Gasteiger partial charge in [0.25, 0.3) is 5.91 Å². The Morgan fingerprint density at radius 2 is 1.52 bits per heavy atom. The molecule has 9 nitrogen and oxygen atoms in total. The van der Waals surface area contributed by atoms with Gasteiger partial charge in [-0.1, -0.05) is 0 Å². The van der Waals surface area contributed by atoms with Crippen molar-refractivity contribution in [3.05, 3.63) is 29.1 Å². The molecule has 0 saturated carbocycles. The molecular weight excluding hydrogens is 284 g/mol. The summed E-state index contributed by atoms with van der Waals surface area (Å²) in [5.41, 5.74) is 7.24. The van der Waals surface area contributed by atoms with Gasteiger partial charge in [0, 0.05) is 6.20 Å². The number of aryl methyl sites for hydroxylation is 2. The predicted octanol–water partition coefficient (Wildman–Crippen LogP) is -1.33. The number of aliphatic hydroxyl groups excluding tert-OH is 2. The monoisotopic (exact) mass is 300 g/mol. The van der Waals surface area contributed by atoms with Crippen molar-refractivity contribution in [2.75, 3.05) is 0 Å². The first-order valence-electron chi connectivity index (χ1n) is 5.63. The number of nitrogens with two attached hydrogens (primary N) is 1. The van der Waals surface area contributed by atoms with Crippen molar-refractivity contribution in [2.24, 2.45) is 5.73 Å². The summed E-state index contributed by atoms with van der Waals surface area (Å²) in [6, 6.07) is 1.77. The van der Waals surface area contributed by atoms with Crippen LogP contribution < -0.4 is 5.73 Å². The van der Waals surface area contributed by atoms with E-state index in [1.807, 2.05) is 6.92 Å². The van der Waals surface area contributed by atoms with Crippen LogP contribution in [0.5, 0.6) is 0 Å². The number of aliphatic hydroxyl groups is 2. The second kappa shape index (κ2) is 7.92. The fourth-order valence-electron chi connectivity index (χ4n) is 1.34. The molecule has 1 amide bonds. The molecule has 0 fully saturated rings. The number of aliphatic carboxylic acids is 2. The van der Waals surface area contributed by atoms with E-state index in [1.54, 1.807) is 19.2 Å². The zero-order valence-electron chi connectivity index (χ0n) is 11.3. The number of carboxylic acid groups (broad SMARTS) is 2. The maximum absolute atomic E-state index is 10.8. The van der Waals surface area contributed by atoms with Crippen molar-refractivity contribution in [3.8, 4) is 0 Å². The highest BCUT2D eigenvalue weighted by molar-refractivity contribution is 5.95. The van der Waals surface area contributed by atoms with Crippen molar-refractivity contribution in [2.45, 2.75) is 26.1 Å². The fraction of sp³-hybridized carbons (Fsp3) is 0.333. The lowest BCUT2D eigenvalue weighted by atomic mass is 10.1. The first-order valence-corrected chi connectivity index (χ1v) is 5.63. The molecule has 21 heavy (non-hydrogen) atoms. The molecule has 1 heterocycles. The van der Waals surface area contributed by atoms with Crippen LogP contribution in [0.2, 0.25) is 0 Å². The van der Waals surface area contributed by atoms with E-state index >= 15 is 0 Å². The Morgan fingerprint density at radius 3 is 1.76 bits per heavy atom. The number of rotatable bonds is 4. The van der Waals surface area contributed by atoms with Crippen LogP contribution in [0, 0.1) is 13.8 Å². The Morgan fingerprint density at radius 1 is 1.10 bits per heavy atom. The van der Waals surface area contributed by atoms with Crippen molar-refractivity contribution in [1.29, 1.82) is 0 Å². The number of hydrogen-bond donors (Lipinski definition) is 5. The lowest BCUT2D eigenvalue weighted by Crippen LogP contribution is -2.39. The summed E-state index contributed by atoms with van der Waals surface area (Å²) in [7, 11) is 0. The minimum absolute atomic E-state index is 0.409. The van der Waals surface area contributed by atoms with Crippen LogP contribution in [0.15, 0.2) is 12.3 Å². The average molecular weight is 300 g/mol. The third kappa shape index (κ3) is 5.55. The van der Waals surface area contributed by atoms with E-state index in [4.69, 9.17) is 26.2 Å². The molecule has 0 spiro atoms. The minimum atomic E-state index is -2.27. The zero-order chi connectivity index (χ0) is 16.7. The Labute approximate surface area is 119 Å². The summed E-state index contributed by atoms with van der Waals surface area (Å²) in [5.74, 6) is -3.95. The number of primary amides is 1. The van der Waals surface area contributed by atoms with Gasteiger partial charge in [0.2, 0.25) is 0 Å². The van der Waals surface area contributed by atoms with Crippen LogP contribution in [0.1, 0.15) is 21.6 Å². The molecule has 0 aliphatic heterocycles. The quantitative estimate of drug-likeness (QED) is 0.455. The number of nitrogens with zero attached hydrogens (tertiary/aromatic N) is 1. The summed E-state index contributed by atoms with van der Waals surface area (Å²) >= 11 is 0. The van der Waals surface area contributed by atoms with Crippen molar-refractivity contribution < 1.29 is 34.8 Å². The lowest BCUT2D eigenvalue weighted by molar-refractivity contribution is -0.165. The Balaban J connectivity index is 0.000000384. The highest BCUT2D eigenvalue weighted by Crippen LogP contribution is 2.08. The summed E-state index contributed by atoms with van der Waals surface area (Å²) in [5, 5.41) is 32.5. The molecule has 1 rings (SSSR count). The smallest absolute Gasteiger partial charge is 0.335 e. The van der Waals surface area contributed by atoms with E-state index in [-0.39, 0.29) is 0 Å². The third-order valence-electron chi connectivity index (χ3n) is 2.40. The number of carboxylic acids is 2. The molecule has 0 saturated heterocycles. The van der Waals surface area contributed by atoms with Crippen LogP contribution in [-0.2, 0) is 9.59 Å². The molecule has 2 atom stereocenters. The largest absolute Gasteiger partial charge is 0.479 e. The van der Waals surface area contributed by atoms with E-state index in [9.17, 15) is 14.4 Å². The van der Waals surface area contributed by atoms with Crippen LogP contribution in [0.25, 0.3) is 0 Å². The van der Waals surface area contributed by atoms with Gasteiger partial charge in [0.05, 0.1) is 11.3 Å². The van der Waals surface area contributed by atoms with Crippen LogP contribution >= 0.6 is 0 Å². The standard InChI is InChI=1S/C8H10N2O.C4H6O6/c1-5-3-4-10-6(2)7(5)8(9)11;5-1(3(7)8)2(6)4(9)10/h3-4H,1-2H3,(H2,9,11);1-2,5-6H,(H,7,8)(H,9,10). The molecule has 116 valence electrons. The minimum Gasteiger partial charge on any atom is -0.479 e. The van der Waals surface area contributed by atoms with E-state index in [2.05, 4.69) is 4.98 Å². The van der Waals surface area contributed by atoms with E-state index in [0.29, 0.717) is 11.3 Å². The normalized spacial score (nSPS) is 12.6. The van der Waals surface area contributed by atoms with Gasteiger partial charge in [-0.05, 0) is 25.5 Å². The third-order valence-corrected chi connectivity index (χ3v) is 2.40. The zero-order valence-corrected chi connectivity index (χ0v) is 11.3. The number of pyridine rings is 1. The number of carbonyl (C=O) groups excluding carboxylic acids is 1. The van der Waals surface area contributed by atoms with E-state index in [0.717, 1.165) is 5.56 Å². The lowest BCUT2D eigenvalue weighted by Gasteiger charge is -2.07. The van der Waals surface area contributed by atoms with Crippen molar-refractivity contribution in [1.82, 2.24) is 4.98 Å². The molecule has 1 aromatic heterocycles. The van der Waals surface area contributed by atoms with E-state index < -0.39 is 30.1 Å². The molecule has 0 radical (unpaired) electrons. The van der Waals surface area contributed by atoms with Gasteiger partial charge < -0.3 is 26.2 Å². The number of aromatic nitrogens is 1. The second-order valence-corrected chi connectivity index (χ2v) is 4.02. The summed E-state index contributed by atoms with van der Waals surface area (Å²) in [6.07, 6.45) is -2.87. The summed E-state index contributed by atoms with van der Waals surface area (Å²) in [4.78, 5) is 34.3. The molecule has 6 N–H and O–H groups in total. The van der Waals surface area contributed by atoms with Crippen molar-refractivity contribution >= 4 is 17.8 Å². The SMILES string of the molecule is Cc1ccnc(C)c1C(N)=O.O=C(O)C(O)C(O)C(=O)O. The Kier molecular flexibility index (Phi) is 6.97. The van der Waals surface area contributed by atoms with Crippen LogP contribution in [-0.4, -0.2) is 55.5 Å². The van der Waals surface area contributed by atoms with Gasteiger partial charge in [0.1, 0.15) is 0 Å². The van der Waals surface area contributed by atoms with Gasteiger partial charge in [-0.25, -0.2) is 9.59 Å². The number of hydrogen-bond acceptors (Lipinski definition) is 6. The highest BCUT2D eigenvalue weighted by atomic mass is 16.4. The van der Waals surface area contributed by atoms with Crippen molar-refractivity contribution in [3.63, 3.8) is 0 Å². The van der Waals surface area contributed by atoms with E-state index in [1.165, 1.54) is 0 Å². The van der Waals surface area contributed by atoms with Gasteiger partial charge in [0.15, 0.2) is 12.2 Å². The van der Waals surface area contributed by atoms with Gasteiger partial charge in [-0.2, -0.15) is 0 Å². The molecule has 2 unspecified atom stereocenters. The van der Waals surface area contributed by atoms with Crippen LogP contribution in [0.3, 0.4) is 0 Å². The average Bonchev–Trinajstić information content (AvgIpc) is 2.36. The molecule has 9 heteroatoms. The topological polar surface area (TPSA) is 171 Å². The van der Waals surface area contributed by atoms with Gasteiger partial charge in [-0.15, -0.1) is 0 Å². The molecule has 0 aromatic carbocycles. The number of amides is 1. The molecule has 1 aromatic rings. The van der Waals surface area contributed by atoms with Gasteiger partial charge in [-0.3, -0.25) is 9.78 Å². The summed E-state index contributed by atoms with van der Waals surface area (Å²) < 4.78 is 0. The molecule has 0 bridgehead atoms. The first-order chi connectivity index (χ1) is 9.59.